The lowest BCUT2D eigenvalue weighted by atomic mass is 9.90. The monoisotopic (exact) mass is 702 g/mol. The summed E-state index contributed by atoms with van der Waals surface area (Å²) >= 11 is 0. The van der Waals surface area contributed by atoms with E-state index in [1.54, 1.807) is 4.57 Å². The maximum Gasteiger partial charge on any atom is 0.586 e. The van der Waals surface area contributed by atoms with Crippen LogP contribution < -0.4 is 20.1 Å². The Bertz CT molecular complexity index is 1730. The van der Waals surface area contributed by atoms with Gasteiger partial charge in [-0.15, -0.1) is 8.78 Å². The molecule has 1 saturated carbocycles. The van der Waals surface area contributed by atoms with Gasteiger partial charge in [-0.25, -0.2) is 4.39 Å². The fourth-order valence-electron chi connectivity index (χ4n) is 6.91. The van der Waals surface area contributed by atoms with Gasteiger partial charge in [0.05, 0.1) is 48.4 Å². The van der Waals surface area contributed by atoms with Crippen molar-refractivity contribution in [1.82, 2.24) is 14.8 Å². The second-order valence-electron chi connectivity index (χ2n) is 14.2. The van der Waals surface area contributed by atoms with Crippen LogP contribution in [-0.2, 0) is 31.7 Å². The van der Waals surface area contributed by atoms with Gasteiger partial charge < -0.3 is 44.5 Å². The number of fused-ring (bicyclic) bond motifs is 2. The van der Waals surface area contributed by atoms with Crippen molar-refractivity contribution in [1.29, 1.82) is 0 Å². The zero-order valence-electron chi connectivity index (χ0n) is 28.6. The average molecular weight is 703 g/mol. The molecule has 0 bridgehead atoms. The van der Waals surface area contributed by atoms with Gasteiger partial charge in [0.15, 0.2) is 11.5 Å². The van der Waals surface area contributed by atoms with E-state index in [4.69, 9.17) is 4.74 Å². The Kier molecular flexibility index (Phi) is 10.1. The van der Waals surface area contributed by atoms with Gasteiger partial charge in [0.2, 0.25) is 5.91 Å². The number of esters is 1. The maximum absolute atomic E-state index is 15.7. The number of piperidine rings is 1. The number of carbonyl (C=O) groups excluding carboxylic acids is 2. The van der Waals surface area contributed by atoms with Gasteiger partial charge in [0.1, 0.15) is 5.82 Å². The molecule has 1 saturated heterocycles. The molecule has 0 radical (unpaired) electrons. The molecule has 4 N–H and O–H groups in total. The number of nitrogens with zero attached hydrogens (tertiary/aromatic N) is 2. The van der Waals surface area contributed by atoms with Crippen LogP contribution in [0.25, 0.3) is 10.9 Å². The number of rotatable bonds is 14. The predicted octanol–water partition coefficient (Wildman–Crippen LogP) is 4.27. The first-order valence-corrected chi connectivity index (χ1v) is 17.2. The minimum atomic E-state index is -3.78. The van der Waals surface area contributed by atoms with E-state index in [-0.39, 0.29) is 48.8 Å². The summed E-state index contributed by atoms with van der Waals surface area (Å²) in [7, 11) is 0. The number of anilines is 1. The highest BCUT2D eigenvalue weighted by Gasteiger charge is 2.53. The standard InChI is InChI=1S/C36H45F3N4O7/c1-4-48-32(46)22-7-12-42(13-8-22)14-11-40-19-25(45)20-43-28-18-26(37)27(15-23(28)16-31(43)34(2,3)21-44)41-33(47)35(9-10-35)24-5-6-29-30(17-24)50-36(38,39)49-29/h5-6,15-18,22,25,40,44-45H,4,7-14,19-21H2,1-3H3,(H,41,47)/t25-/m0/s1. The van der Waals surface area contributed by atoms with Crippen molar-refractivity contribution in [3.05, 3.63) is 53.5 Å². The normalized spacial score (nSPS) is 19.0. The summed E-state index contributed by atoms with van der Waals surface area (Å²) < 4.78 is 58.8. The lowest BCUT2D eigenvalue weighted by molar-refractivity contribution is -0.286. The summed E-state index contributed by atoms with van der Waals surface area (Å²) in [6.07, 6.45) is -2.19. The van der Waals surface area contributed by atoms with Crippen LogP contribution in [0.4, 0.5) is 18.9 Å². The third kappa shape index (κ3) is 7.43. The van der Waals surface area contributed by atoms with Gasteiger partial charge in [-0.2, -0.15) is 0 Å². The topological polar surface area (TPSA) is 135 Å². The Morgan fingerprint density at radius 1 is 1.10 bits per heavy atom. The van der Waals surface area contributed by atoms with E-state index in [2.05, 4.69) is 25.0 Å². The molecule has 1 aliphatic carbocycles. The van der Waals surface area contributed by atoms with Crippen molar-refractivity contribution in [3.8, 4) is 11.5 Å². The molecule has 272 valence electrons. The number of aliphatic hydroxyl groups excluding tert-OH is 2. The van der Waals surface area contributed by atoms with Gasteiger partial charge in [0.25, 0.3) is 0 Å². The summed E-state index contributed by atoms with van der Waals surface area (Å²) in [6.45, 7) is 9.14. The fraction of sp³-hybridized carbons (Fsp3) is 0.556. The number of carbonyl (C=O) groups is 2. The fourth-order valence-corrected chi connectivity index (χ4v) is 6.91. The van der Waals surface area contributed by atoms with Gasteiger partial charge in [-0.1, -0.05) is 19.9 Å². The van der Waals surface area contributed by atoms with E-state index in [9.17, 15) is 28.6 Å². The lowest BCUT2D eigenvalue weighted by Crippen LogP contribution is -2.41. The molecule has 2 aliphatic heterocycles. The van der Waals surface area contributed by atoms with Crippen LogP contribution in [0.1, 0.15) is 57.7 Å². The van der Waals surface area contributed by atoms with E-state index < -0.39 is 35.0 Å². The molecule has 3 aliphatic rings. The summed E-state index contributed by atoms with van der Waals surface area (Å²) in [5.74, 6) is -1.62. The molecular formula is C36H45F3N4O7. The minimum absolute atomic E-state index is 0.0416. The van der Waals surface area contributed by atoms with E-state index in [1.807, 2.05) is 26.8 Å². The smallest absolute Gasteiger partial charge is 0.466 e. The molecule has 1 aromatic heterocycles. The van der Waals surface area contributed by atoms with Gasteiger partial charge >= 0.3 is 12.3 Å². The number of alkyl halides is 2. The van der Waals surface area contributed by atoms with Crippen molar-refractivity contribution >= 4 is 28.5 Å². The summed E-state index contributed by atoms with van der Waals surface area (Å²) in [6, 6.07) is 8.90. The molecule has 11 nitrogen and oxygen atoms in total. The summed E-state index contributed by atoms with van der Waals surface area (Å²) in [4.78, 5) is 27.8. The quantitative estimate of drug-likeness (QED) is 0.144. The molecule has 1 atom stereocenters. The number of halogens is 3. The Hall–Kier alpha value is -3.85. The van der Waals surface area contributed by atoms with Crippen molar-refractivity contribution in [2.45, 2.75) is 76.2 Å². The first-order valence-electron chi connectivity index (χ1n) is 17.2. The molecule has 3 aromatic rings. The number of likely N-dealkylation sites (tertiary alicyclic amines) is 1. The highest BCUT2D eigenvalue weighted by atomic mass is 19.3. The van der Waals surface area contributed by atoms with Crippen LogP contribution >= 0.6 is 0 Å². The van der Waals surface area contributed by atoms with E-state index in [0.29, 0.717) is 48.2 Å². The van der Waals surface area contributed by atoms with Gasteiger partial charge in [0, 0.05) is 42.2 Å². The second kappa shape index (κ2) is 14.0. The molecule has 2 aromatic carbocycles. The van der Waals surface area contributed by atoms with E-state index in [1.165, 1.54) is 30.3 Å². The number of benzene rings is 2. The number of hydrogen-bond acceptors (Lipinski definition) is 9. The van der Waals surface area contributed by atoms with Crippen molar-refractivity contribution in [2.24, 2.45) is 5.92 Å². The molecule has 3 heterocycles. The maximum atomic E-state index is 15.7. The van der Waals surface area contributed by atoms with Crippen LogP contribution in [0.2, 0.25) is 0 Å². The Labute approximate surface area is 288 Å². The molecule has 0 unspecified atom stereocenters. The number of nitrogens with one attached hydrogen (secondary N) is 2. The molecule has 14 heteroatoms. The summed E-state index contributed by atoms with van der Waals surface area (Å²) in [5.41, 5.74) is -0.133. The van der Waals surface area contributed by atoms with Crippen LogP contribution in [0, 0.1) is 11.7 Å². The minimum Gasteiger partial charge on any atom is -0.466 e. The Balaban J connectivity index is 1.11. The molecule has 50 heavy (non-hydrogen) atoms. The first kappa shape index (κ1) is 36.0. The SMILES string of the molecule is CCOC(=O)C1CCN(CCNC[C@H](O)Cn2c(C(C)(C)CO)cc3cc(NC(=O)C4(c5ccc6c(c5)OC(F)(F)O6)CC4)c(F)cc32)CC1. The molecule has 2 fully saturated rings. The zero-order chi connectivity index (χ0) is 35.8. The number of aliphatic hydroxyl groups is 2. The highest BCUT2D eigenvalue weighted by Crippen LogP contribution is 2.52. The lowest BCUT2D eigenvalue weighted by Gasteiger charge is -2.31. The zero-order valence-corrected chi connectivity index (χ0v) is 28.6. The summed E-state index contributed by atoms with van der Waals surface area (Å²) in [5, 5.41) is 27.9. The number of hydrogen-bond donors (Lipinski definition) is 4. The van der Waals surface area contributed by atoms with Crippen molar-refractivity contribution in [2.75, 3.05) is 51.3 Å². The molecular weight excluding hydrogens is 657 g/mol. The second-order valence-corrected chi connectivity index (χ2v) is 14.2. The number of amides is 1. The first-order chi connectivity index (χ1) is 23.7. The van der Waals surface area contributed by atoms with Crippen LogP contribution in [0.3, 0.4) is 0 Å². The van der Waals surface area contributed by atoms with Crippen LogP contribution in [0.5, 0.6) is 11.5 Å². The van der Waals surface area contributed by atoms with E-state index >= 15 is 4.39 Å². The Morgan fingerprint density at radius 3 is 2.50 bits per heavy atom. The highest BCUT2D eigenvalue weighted by molar-refractivity contribution is 6.03. The van der Waals surface area contributed by atoms with Gasteiger partial charge in [-0.3, -0.25) is 9.59 Å². The van der Waals surface area contributed by atoms with E-state index in [0.717, 1.165) is 32.5 Å². The third-order valence-corrected chi connectivity index (χ3v) is 10.1. The Morgan fingerprint density at radius 2 is 1.82 bits per heavy atom. The molecule has 6 rings (SSSR count). The third-order valence-electron chi connectivity index (χ3n) is 10.1. The van der Waals surface area contributed by atoms with Gasteiger partial charge in [-0.05, 0) is 75.5 Å². The molecule has 1 amide bonds. The molecule has 0 spiro atoms. The number of aromatic nitrogens is 1. The predicted molar refractivity (Wildman–Crippen MR) is 179 cm³/mol. The van der Waals surface area contributed by atoms with Crippen molar-refractivity contribution in [3.63, 3.8) is 0 Å². The van der Waals surface area contributed by atoms with Crippen LogP contribution in [-0.4, -0.2) is 89.9 Å². The van der Waals surface area contributed by atoms with Crippen molar-refractivity contribution < 1.29 is 47.2 Å². The van der Waals surface area contributed by atoms with Crippen LogP contribution in [0.15, 0.2) is 36.4 Å². The average Bonchev–Trinajstić information content (AvgIpc) is 3.73. The largest absolute Gasteiger partial charge is 0.586 e. The number of ether oxygens (including phenoxy) is 3.